The van der Waals surface area contributed by atoms with Crippen LogP contribution in [0.3, 0.4) is 0 Å². The molecule has 0 aliphatic heterocycles. The van der Waals surface area contributed by atoms with Crippen molar-refractivity contribution in [2.75, 3.05) is 0 Å². The molecule has 0 saturated carbocycles. The van der Waals surface area contributed by atoms with Gasteiger partial charge >= 0.3 is 0 Å². The smallest absolute Gasteiger partial charge is 0.162 e. The van der Waals surface area contributed by atoms with Gasteiger partial charge in [0.2, 0.25) is 0 Å². The van der Waals surface area contributed by atoms with Crippen molar-refractivity contribution in [3.63, 3.8) is 0 Å². The zero-order valence-corrected chi connectivity index (χ0v) is 31.4. The molecule has 247 valence electrons. The second kappa shape index (κ2) is 17.2. The van der Waals surface area contributed by atoms with Gasteiger partial charge in [-0.05, 0) is 78.2 Å². The summed E-state index contributed by atoms with van der Waals surface area (Å²) < 4.78 is 0. The number of carbonyl (C=O) groups excluding carboxylic acids is 1. The van der Waals surface area contributed by atoms with Crippen molar-refractivity contribution in [1.82, 2.24) is 4.98 Å². The Kier molecular flexibility index (Phi) is 14.0. The predicted molar refractivity (Wildman–Crippen MR) is 191 cm³/mol. The van der Waals surface area contributed by atoms with Crippen molar-refractivity contribution in [1.29, 1.82) is 0 Å². The summed E-state index contributed by atoms with van der Waals surface area (Å²) in [4.78, 5) is 16.6. The fourth-order valence-electron chi connectivity index (χ4n) is 6.45. The van der Waals surface area contributed by atoms with Crippen LogP contribution in [0, 0.1) is 17.9 Å². The largest absolute Gasteiger partial charge is 0.512 e. The van der Waals surface area contributed by atoms with E-state index < -0.39 is 0 Å². The average molecular weight is 795 g/mol. The van der Waals surface area contributed by atoms with Crippen LogP contribution in [0.5, 0.6) is 0 Å². The number of fused-ring (bicyclic) bond motifs is 4. The van der Waals surface area contributed by atoms with Gasteiger partial charge in [0.05, 0.1) is 5.76 Å². The average Bonchev–Trinajstić information content (AvgIpc) is 3.04. The Balaban J connectivity index is 0.000000309. The van der Waals surface area contributed by atoms with Crippen LogP contribution in [0.4, 0.5) is 0 Å². The summed E-state index contributed by atoms with van der Waals surface area (Å²) in [5, 5.41) is 12.2. The van der Waals surface area contributed by atoms with E-state index in [0.29, 0.717) is 11.8 Å². The molecular weight excluding hydrogens is 743 g/mol. The predicted octanol–water partition coefficient (Wildman–Crippen LogP) is 11.6. The second-order valence-electron chi connectivity index (χ2n) is 13.1. The van der Waals surface area contributed by atoms with Crippen molar-refractivity contribution in [3.05, 3.63) is 101 Å². The molecule has 0 saturated heterocycles. The summed E-state index contributed by atoms with van der Waals surface area (Å²) in [6.45, 7) is 17.1. The van der Waals surface area contributed by atoms with E-state index in [0.717, 1.165) is 49.8 Å². The minimum Gasteiger partial charge on any atom is -0.512 e. The molecule has 0 unspecified atom stereocenters. The van der Waals surface area contributed by atoms with Crippen LogP contribution in [-0.2, 0) is 37.7 Å². The second-order valence-corrected chi connectivity index (χ2v) is 13.1. The molecule has 1 aliphatic rings. The quantitative estimate of drug-likeness (QED) is 0.0988. The minimum atomic E-state index is 0. The number of benzene rings is 3. The number of hydrogen-bond acceptors (Lipinski definition) is 3. The van der Waals surface area contributed by atoms with E-state index in [2.05, 4.69) is 94.6 Å². The molecule has 0 spiro atoms. The molecule has 0 amide bonds. The van der Waals surface area contributed by atoms with Gasteiger partial charge in [0, 0.05) is 49.9 Å². The Morgan fingerprint density at radius 3 is 2.11 bits per heavy atom. The number of pyridine rings is 1. The third-order valence-electron chi connectivity index (χ3n) is 9.52. The van der Waals surface area contributed by atoms with Crippen molar-refractivity contribution in [3.8, 4) is 22.4 Å². The molecule has 0 fully saturated rings. The number of aryl methyl sites for hydroxylation is 2. The third-order valence-corrected chi connectivity index (χ3v) is 9.52. The van der Waals surface area contributed by atoms with Gasteiger partial charge in [-0.2, -0.15) is 0 Å². The van der Waals surface area contributed by atoms with Gasteiger partial charge in [0.15, 0.2) is 5.78 Å². The molecule has 1 aliphatic carbocycles. The summed E-state index contributed by atoms with van der Waals surface area (Å²) in [6, 6.07) is 23.8. The summed E-state index contributed by atoms with van der Waals surface area (Å²) in [5.74, 6) is 1.56. The van der Waals surface area contributed by atoms with Crippen molar-refractivity contribution >= 4 is 16.6 Å². The molecule has 1 aromatic heterocycles. The molecule has 1 radical (unpaired) electrons. The van der Waals surface area contributed by atoms with Crippen LogP contribution in [0.2, 0.25) is 0 Å². The Morgan fingerprint density at radius 1 is 0.826 bits per heavy atom. The first-order valence-electron chi connectivity index (χ1n) is 17.1. The maximum Gasteiger partial charge on any atom is 0.162 e. The van der Waals surface area contributed by atoms with E-state index in [9.17, 15) is 9.90 Å². The van der Waals surface area contributed by atoms with Crippen molar-refractivity contribution < 1.29 is 30.0 Å². The fraction of sp³-hybridized carbons (Fsp3) is 0.429. The maximum atomic E-state index is 11.7. The molecule has 3 nitrogen and oxygen atoms in total. The Hall–Kier alpha value is -3.07. The fourth-order valence-corrected chi connectivity index (χ4v) is 6.45. The van der Waals surface area contributed by atoms with Gasteiger partial charge in [-0.3, -0.25) is 9.78 Å². The van der Waals surface area contributed by atoms with Crippen LogP contribution in [0.15, 0.2) is 72.6 Å². The molecule has 1 N–H and O–H groups in total. The molecule has 4 heteroatoms. The number of ketones is 1. The molecule has 3 aromatic carbocycles. The van der Waals surface area contributed by atoms with E-state index in [-0.39, 0.29) is 43.5 Å². The molecule has 0 bridgehead atoms. The summed E-state index contributed by atoms with van der Waals surface area (Å²) in [5.41, 5.74) is 10.4. The van der Waals surface area contributed by atoms with E-state index in [1.807, 2.05) is 27.7 Å². The first-order valence-corrected chi connectivity index (χ1v) is 17.1. The number of aliphatic hydroxyl groups excluding tert-OH is 1. The van der Waals surface area contributed by atoms with Crippen LogP contribution in [0.1, 0.15) is 115 Å². The summed E-state index contributed by atoms with van der Waals surface area (Å²) in [7, 11) is 0. The number of hydrogen-bond donors (Lipinski definition) is 1. The van der Waals surface area contributed by atoms with Crippen LogP contribution < -0.4 is 0 Å². The first kappa shape index (κ1) is 37.4. The van der Waals surface area contributed by atoms with Gasteiger partial charge in [-0.15, -0.1) is 29.1 Å². The normalized spacial score (nSPS) is 12.6. The van der Waals surface area contributed by atoms with Crippen LogP contribution in [-0.4, -0.2) is 15.9 Å². The molecule has 1 heterocycles. The molecular formula is C42H52IrNO2-. The van der Waals surface area contributed by atoms with Crippen molar-refractivity contribution in [2.45, 2.75) is 106 Å². The number of aliphatic hydroxyl groups is 1. The Labute approximate surface area is 291 Å². The number of aromatic nitrogens is 1. The van der Waals surface area contributed by atoms with Gasteiger partial charge in [-0.1, -0.05) is 109 Å². The maximum absolute atomic E-state index is 11.7. The van der Waals surface area contributed by atoms with E-state index in [4.69, 9.17) is 4.98 Å². The SMILES string of the molecule is CC(C)c1ccc2c(c1)CCc1cnc(-c3[c-]c4ccccc4c(C(C)C)c3)cc1-2.CCC(CC)C(=O)/C=C(\O)C(CC)CC.[Ir]. The third kappa shape index (κ3) is 8.64. The van der Waals surface area contributed by atoms with E-state index >= 15 is 0 Å². The van der Waals surface area contributed by atoms with Crippen molar-refractivity contribution in [2.24, 2.45) is 11.8 Å². The zero-order chi connectivity index (χ0) is 32.7. The molecule has 4 aromatic rings. The molecule has 0 atom stereocenters. The molecule has 5 rings (SSSR count). The number of allylic oxidation sites excluding steroid dienone is 2. The Bertz CT molecular complexity index is 1640. The zero-order valence-electron chi connectivity index (χ0n) is 29.0. The monoisotopic (exact) mass is 795 g/mol. The van der Waals surface area contributed by atoms with E-state index in [1.54, 1.807) is 0 Å². The first-order chi connectivity index (χ1) is 21.6. The number of nitrogens with zero attached hydrogens (tertiary/aromatic N) is 1. The van der Waals surface area contributed by atoms with Gasteiger partial charge in [0.25, 0.3) is 0 Å². The van der Waals surface area contributed by atoms with Crippen LogP contribution >= 0.6 is 0 Å². The van der Waals surface area contributed by atoms with E-state index in [1.165, 1.54) is 50.2 Å². The van der Waals surface area contributed by atoms with Gasteiger partial charge < -0.3 is 5.11 Å². The van der Waals surface area contributed by atoms with Crippen LogP contribution in [0.25, 0.3) is 33.2 Å². The number of carbonyl (C=O) groups is 1. The minimum absolute atomic E-state index is 0. The molecule has 46 heavy (non-hydrogen) atoms. The van der Waals surface area contributed by atoms with Gasteiger partial charge in [-0.25, -0.2) is 0 Å². The summed E-state index contributed by atoms with van der Waals surface area (Å²) >= 11 is 0. The van der Waals surface area contributed by atoms with Gasteiger partial charge in [0.1, 0.15) is 0 Å². The Morgan fingerprint density at radius 2 is 1.48 bits per heavy atom. The standard InChI is InChI=1S/C29H28N.C13H24O2.Ir/c1-18(2)20-11-12-26-22(13-20)9-10-23-17-30-29(16-28(23)26)24-14-21-7-5-6-8-25(21)27(15-24)19(3)4;1-5-10(6-2)12(14)9-13(15)11(7-3)8-4;/h5-8,11-13,15-19H,9-10H2,1-4H3;9-11,14H,5-8H2,1-4H3;/q-1;;/b;12-9-;. The number of rotatable bonds is 10. The topological polar surface area (TPSA) is 50.2 Å². The summed E-state index contributed by atoms with van der Waals surface area (Å²) in [6.07, 6.45) is 9.16.